The van der Waals surface area contributed by atoms with Crippen LogP contribution in [0.15, 0.2) is 42.5 Å². The van der Waals surface area contributed by atoms with Crippen LogP contribution in [0.4, 0.5) is 0 Å². The van der Waals surface area contributed by atoms with Crippen molar-refractivity contribution in [1.29, 1.82) is 0 Å². The van der Waals surface area contributed by atoms with Crippen LogP contribution in [-0.2, 0) is 0 Å². The van der Waals surface area contributed by atoms with E-state index in [-0.39, 0.29) is 23.1 Å². The highest BCUT2D eigenvalue weighted by molar-refractivity contribution is 5.91. The summed E-state index contributed by atoms with van der Waals surface area (Å²) >= 11 is 0. The molecule has 0 aliphatic carbocycles. The Morgan fingerprint density at radius 3 is 2.14 bits per heavy atom. The molecule has 0 radical (unpaired) electrons. The predicted octanol–water partition coefficient (Wildman–Crippen LogP) is 4.37. The Morgan fingerprint density at radius 2 is 1.62 bits per heavy atom. The van der Waals surface area contributed by atoms with Gasteiger partial charge in [0.25, 0.3) is 0 Å². The smallest absolute Gasteiger partial charge is 0.339 e. The second-order valence-electron chi connectivity index (χ2n) is 5.60. The fourth-order valence-electron chi connectivity index (χ4n) is 2.43. The van der Waals surface area contributed by atoms with Crippen LogP contribution in [0.5, 0.6) is 5.75 Å². The zero-order valence-corrected chi connectivity index (χ0v) is 12.5. The molecule has 0 heterocycles. The maximum Gasteiger partial charge on any atom is 0.339 e. The van der Waals surface area contributed by atoms with Crippen molar-refractivity contribution in [1.82, 2.24) is 0 Å². The number of benzene rings is 2. The number of hydrogen-bond donors (Lipinski definition) is 2. The van der Waals surface area contributed by atoms with E-state index >= 15 is 0 Å². The van der Waals surface area contributed by atoms with Crippen LogP contribution in [0.2, 0.25) is 0 Å². The Labute approximate surface area is 124 Å². The van der Waals surface area contributed by atoms with Gasteiger partial charge in [-0.25, -0.2) is 4.79 Å². The number of rotatable bonds is 4. The number of hydrogen-bond acceptors (Lipinski definition) is 2. The average molecular weight is 284 g/mol. The summed E-state index contributed by atoms with van der Waals surface area (Å²) in [6, 6.07) is 13.2. The van der Waals surface area contributed by atoms with Crippen LogP contribution in [0.1, 0.15) is 59.7 Å². The van der Waals surface area contributed by atoms with E-state index in [1.165, 1.54) is 0 Å². The maximum absolute atomic E-state index is 11.3. The largest absolute Gasteiger partial charge is 0.507 e. The molecule has 0 spiro atoms. The molecular formula is C18H20O3. The molecule has 0 aromatic heterocycles. The quantitative estimate of drug-likeness (QED) is 0.876. The van der Waals surface area contributed by atoms with Crippen molar-refractivity contribution in [2.75, 3.05) is 0 Å². The Hall–Kier alpha value is -2.29. The molecule has 0 aliphatic rings. The number of phenols is 1. The minimum atomic E-state index is -1.10. The lowest BCUT2D eigenvalue weighted by Crippen LogP contribution is -2.05. The molecule has 0 amide bonds. The molecule has 3 nitrogen and oxygen atoms in total. The molecule has 0 saturated carbocycles. The molecule has 0 bridgehead atoms. The van der Waals surface area contributed by atoms with E-state index in [1.807, 2.05) is 57.2 Å². The molecule has 2 N–H and O–H groups in total. The molecule has 0 aliphatic heterocycles. The standard InChI is InChI=1S/C18H20O3/c1-11(2)14-9-15(17(19)16(10-14)18(20)21)12(3)13-7-5-4-6-8-13/h4-12,19H,1-3H3,(H,20,21). The fourth-order valence-corrected chi connectivity index (χ4v) is 2.43. The number of aromatic hydroxyl groups is 1. The van der Waals surface area contributed by atoms with Gasteiger partial charge in [0, 0.05) is 11.5 Å². The van der Waals surface area contributed by atoms with Crippen LogP contribution in [0.25, 0.3) is 0 Å². The SMILES string of the molecule is CC(C)c1cc(C(=O)O)c(O)c(C(C)c2ccccc2)c1. The van der Waals surface area contributed by atoms with Crippen molar-refractivity contribution < 1.29 is 15.0 Å². The molecule has 0 fully saturated rings. The van der Waals surface area contributed by atoms with E-state index in [0.717, 1.165) is 11.1 Å². The van der Waals surface area contributed by atoms with E-state index in [4.69, 9.17) is 0 Å². The molecule has 2 aromatic carbocycles. The van der Waals surface area contributed by atoms with Crippen molar-refractivity contribution in [2.24, 2.45) is 0 Å². The summed E-state index contributed by atoms with van der Waals surface area (Å²) in [6.45, 7) is 5.99. The van der Waals surface area contributed by atoms with Crippen molar-refractivity contribution in [3.63, 3.8) is 0 Å². The molecule has 2 aromatic rings. The van der Waals surface area contributed by atoms with Gasteiger partial charge in [-0.15, -0.1) is 0 Å². The van der Waals surface area contributed by atoms with Crippen molar-refractivity contribution >= 4 is 5.97 Å². The van der Waals surface area contributed by atoms with E-state index in [0.29, 0.717) is 5.56 Å². The van der Waals surface area contributed by atoms with Crippen LogP contribution < -0.4 is 0 Å². The van der Waals surface area contributed by atoms with Gasteiger partial charge in [0.2, 0.25) is 0 Å². The lowest BCUT2D eigenvalue weighted by atomic mass is 9.87. The van der Waals surface area contributed by atoms with Crippen molar-refractivity contribution in [2.45, 2.75) is 32.6 Å². The minimum Gasteiger partial charge on any atom is -0.507 e. The molecule has 110 valence electrons. The van der Waals surface area contributed by atoms with Gasteiger partial charge in [0.15, 0.2) is 0 Å². The van der Waals surface area contributed by atoms with Gasteiger partial charge in [-0.1, -0.05) is 57.2 Å². The third-order valence-corrected chi connectivity index (χ3v) is 3.82. The van der Waals surface area contributed by atoms with Gasteiger partial charge in [-0.05, 0) is 23.1 Å². The highest BCUT2D eigenvalue weighted by Gasteiger charge is 2.21. The summed E-state index contributed by atoms with van der Waals surface area (Å²) in [5, 5.41) is 19.6. The fraction of sp³-hybridized carbons (Fsp3) is 0.278. The highest BCUT2D eigenvalue weighted by atomic mass is 16.4. The van der Waals surface area contributed by atoms with Crippen LogP contribution in [0, 0.1) is 0 Å². The molecule has 1 atom stereocenters. The molecular weight excluding hydrogens is 264 g/mol. The Morgan fingerprint density at radius 1 is 1.00 bits per heavy atom. The summed E-state index contributed by atoms with van der Waals surface area (Å²) in [7, 11) is 0. The minimum absolute atomic E-state index is 0.0287. The normalized spacial score (nSPS) is 12.4. The second-order valence-corrected chi connectivity index (χ2v) is 5.60. The third-order valence-electron chi connectivity index (χ3n) is 3.82. The van der Waals surface area contributed by atoms with E-state index in [1.54, 1.807) is 6.07 Å². The molecule has 21 heavy (non-hydrogen) atoms. The average Bonchev–Trinajstić information content (AvgIpc) is 2.47. The zero-order valence-electron chi connectivity index (χ0n) is 12.5. The van der Waals surface area contributed by atoms with Crippen LogP contribution >= 0.6 is 0 Å². The van der Waals surface area contributed by atoms with Gasteiger partial charge in [0.1, 0.15) is 11.3 Å². The summed E-state index contributed by atoms with van der Waals surface area (Å²) in [6.07, 6.45) is 0. The maximum atomic E-state index is 11.3. The summed E-state index contributed by atoms with van der Waals surface area (Å²) in [5.74, 6) is -1.10. The zero-order chi connectivity index (χ0) is 15.6. The first-order valence-corrected chi connectivity index (χ1v) is 7.06. The molecule has 0 saturated heterocycles. The Kier molecular flexibility index (Phi) is 4.32. The van der Waals surface area contributed by atoms with Gasteiger partial charge in [-0.3, -0.25) is 0 Å². The molecule has 3 heteroatoms. The van der Waals surface area contributed by atoms with Gasteiger partial charge in [0.05, 0.1) is 0 Å². The lowest BCUT2D eigenvalue weighted by Gasteiger charge is -2.18. The van der Waals surface area contributed by atoms with Gasteiger partial charge < -0.3 is 10.2 Å². The Bertz CT molecular complexity index is 645. The topological polar surface area (TPSA) is 57.5 Å². The first-order chi connectivity index (χ1) is 9.91. The number of carbonyl (C=O) groups is 1. The van der Waals surface area contributed by atoms with Crippen molar-refractivity contribution in [3.8, 4) is 5.75 Å². The third kappa shape index (κ3) is 3.07. The second kappa shape index (κ2) is 6.00. The predicted molar refractivity (Wildman–Crippen MR) is 83.1 cm³/mol. The Balaban J connectivity index is 2.59. The van der Waals surface area contributed by atoms with Gasteiger partial charge >= 0.3 is 5.97 Å². The molecule has 2 rings (SSSR count). The number of carboxylic acid groups (broad SMARTS) is 1. The number of carboxylic acids is 1. The highest BCUT2D eigenvalue weighted by Crippen LogP contribution is 2.36. The molecule has 1 unspecified atom stereocenters. The summed E-state index contributed by atoms with van der Waals surface area (Å²) < 4.78 is 0. The van der Waals surface area contributed by atoms with E-state index < -0.39 is 5.97 Å². The van der Waals surface area contributed by atoms with Crippen molar-refractivity contribution in [3.05, 3.63) is 64.7 Å². The summed E-state index contributed by atoms with van der Waals surface area (Å²) in [5.41, 5.74) is 2.59. The van der Waals surface area contributed by atoms with Crippen LogP contribution in [0.3, 0.4) is 0 Å². The summed E-state index contributed by atoms with van der Waals surface area (Å²) in [4.78, 5) is 11.3. The lowest BCUT2D eigenvalue weighted by molar-refractivity contribution is 0.0693. The monoisotopic (exact) mass is 284 g/mol. The first-order valence-electron chi connectivity index (χ1n) is 7.06. The number of aromatic carboxylic acids is 1. The van der Waals surface area contributed by atoms with Crippen LogP contribution in [-0.4, -0.2) is 16.2 Å². The van der Waals surface area contributed by atoms with Gasteiger partial charge in [-0.2, -0.15) is 0 Å². The first kappa shape index (κ1) is 15.1. The van der Waals surface area contributed by atoms with E-state index in [2.05, 4.69) is 0 Å². The van der Waals surface area contributed by atoms with E-state index in [9.17, 15) is 15.0 Å².